The Morgan fingerprint density at radius 2 is 1.88 bits per heavy atom. The molecule has 3 rings (SSSR count). The van der Waals surface area contributed by atoms with E-state index in [1.165, 1.54) is 10.2 Å². The van der Waals surface area contributed by atoms with E-state index < -0.39 is 0 Å². The van der Waals surface area contributed by atoms with Gasteiger partial charge in [-0.25, -0.2) is 4.68 Å². The minimum atomic E-state index is -0.101. The van der Waals surface area contributed by atoms with Gasteiger partial charge in [0.05, 0.1) is 0 Å². The van der Waals surface area contributed by atoms with Crippen molar-refractivity contribution in [2.45, 2.75) is 17.4 Å². The van der Waals surface area contributed by atoms with E-state index >= 15 is 0 Å². The molecule has 6 nitrogen and oxygen atoms in total. The van der Waals surface area contributed by atoms with Gasteiger partial charge >= 0.3 is 0 Å². The molecule has 0 saturated carbocycles. The zero-order valence-corrected chi connectivity index (χ0v) is 15.8. The van der Waals surface area contributed by atoms with Crippen molar-refractivity contribution in [1.29, 1.82) is 0 Å². The molecule has 0 N–H and O–H groups in total. The number of Topliss-reactive ketones (excluding diaryl/α,β-unsaturated/α-hetero) is 1. The van der Waals surface area contributed by atoms with Crippen LogP contribution in [0, 0.1) is 0 Å². The van der Waals surface area contributed by atoms with E-state index in [4.69, 9.17) is 4.74 Å². The van der Waals surface area contributed by atoms with Crippen LogP contribution in [0.15, 0.2) is 54.6 Å². The number of ether oxygens (including phenoxy) is 1. The van der Waals surface area contributed by atoms with Gasteiger partial charge in [-0.1, -0.05) is 65.1 Å². The summed E-state index contributed by atoms with van der Waals surface area (Å²) in [4.78, 5) is 12.2. The van der Waals surface area contributed by atoms with Crippen molar-refractivity contribution >= 4 is 28.4 Å². The fraction of sp³-hybridized carbons (Fsp3) is 0.222. The van der Waals surface area contributed by atoms with Crippen LogP contribution in [-0.4, -0.2) is 32.6 Å². The van der Waals surface area contributed by atoms with Crippen LogP contribution in [0.1, 0.15) is 16.4 Å². The minimum Gasteiger partial charge on any atom is -0.486 e. The quantitative estimate of drug-likeness (QED) is 0.409. The Morgan fingerprint density at radius 1 is 1.16 bits per heavy atom. The van der Waals surface area contributed by atoms with Gasteiger partial charge in [0.1, 0.15) is 18.9 Å². The molecule has 0 aliphatic heterocycles. The average molecular weight is 448 g/mol. The molecule has 0 bridgehead atoms. The Bertz CT molecular complexity index is 832. The molecule has 0 aliphatic rings. The Kier molecular flexibility index (Phi) is 5.75. The van der Waals surface area contributed by atoms with Crippen molar-refractivity contribution < 1.29 is 9.53 Å². The molecule has 2 aromatic carbocycles. The first-order chi connectivity index (χ1) is 12.1. The highest BCUT2D eigenvalue weighted by atomic mass is 127. The molecule has 0 fully saturated rings. The molecule has 7 heteroatoms. The zero-order valence-electron chi connectivity index (χ0n) is 13.7. The molecule has 0 aliphatic carbocycles. The lowest BCUT2D eigenvalue weighted by Gasteiger charge is -2.08. The van der Waals surface area contributed by atoms with Gasteiger partial charge in [-0.05, 0) is 35.0 Å². The predicted octanol–water partition coefficient (Wildman–Crippen LogP) is 3.48. The summed E-state index contributed by atoms with van der Waals surface area (Å²) in [5.74, 6) is 1.14. The summed E-state index contributed by atoms with van der Waals surface area (Å²) in [7, 11) is 0. The summed E-state index contributed by atoms with van der Waals surface area (Å²) in [5, 5.41) is 11.6. The Morgan fingerprint density at radius 3 is 2.56 bits per heavy atom. The molecule has 0 radical (unpaired) electrons. The Hall–Kier alpha value is -2.29. The van der Waals surface area contributed by atoms with Crippen LogP contribution in [0.4, 0.5) is 0 Å². The number of benzene rings is 2. The molecule has 1 heterocycles. The first-order valence-corrected chi connectivity index (χ1v) is 9.08. The van der Waals surface area contributed by atoms with Crippen LogP contribution in [-0.2, 0) is 11.3 Å². The number of carbonyl (C=O) groups excluding carboxylic acids is 1. The largest absolute Gasteiger partial charge is 0.486 e. The zero-order chi connectivity index (χ0) is 17.6. The number of alkyl halides is 1. The van der Waals surface area contributed by atoms with E-state index in [-0.39, 0.29) is 18.9 Å². The number of hydrogen-bond acceptors (Lipinski definition) is 5. The summed E-state index contributed by atoms with van der Waals surface area (Å²) in [5.41, 5.74) is 2.09. The van der Waals surface area contributed by atoms with E-state index in [0.717, 1.165) is 5.56 Å². The van der Waals surface area contributed by atoms with Crippen molar-refractivity contribution in [1.82, 2.24) is 20.2 Å². The van der Waals surface area contributed by atoms with E-state index in [1.807, 2.05) is 54.6 Å². The molecule has 0 spiro atoms. The van der Waals surface area contributed by atoms with E-state index in [2.05, 4.69) is 45.0 Å². The molecule has 1 atom stereocenters. The molecular weight excluding hydrogens is 431 g/mol. The number of tetrazole rings is 1. The predicted molar refractivity (Wildman–Crippen MR) is 103 cm³/mol. The molecule has 0 saturated heterocycles. The van der Waals surface area contributed by atoms with Gasteiger partial charge in [-0.15, -0.1) is 5.10 Å². The highest BCUT2D eigenvalue weighted by molar-refractivity contribution is 14.1. The van der Waals surface area contributed by atoms with Crippen molar-refractivity contribution in [3.8, 4) is 17.1 Å². The Labute approximate surface area is 159 Å². The lowest BCUT2D eigenvalue weighted by atomic mass is 10.2. The number of rotatable bonds is 7. The molecule has 1 unspecified atom stereocenters. The third kappa shape index (κ3) is 4.62. The maximum atomic E-state index is 12.2. The van der Waals surface area contributed by atoms with Gasteiger partial charge < -0.3 is 4.74 Å². The first-order valence-electron chi connectivity index (χ1n) is 7.83. The maximum Gasteiger partial charge on any atom is 0.191 e. The summed E-state index contributed by atoms with van der Waals surface area (Å²) >= 11 is 2.36. The normalized spacial score (nSPS) is 11.9. The average Bonchev–Trinajstić information content (AvgIpc) is 3.09. The third-order valence-corrected chi connectivity index (χ3v) is 4.35. The number of halogens is 1. The second-order valence-corrected chi connectivity index (χ2v) is 7.41. The molecule has 128 valence electrons. The second-order valence-electron chi connectivity index (χ2n) is 5.54. The van der Waals surface area contributed by atoms with Crippen molar-refractivity contribution in [3.63, 3.8) is 0 Å². The van der Waals surface area contributed by atoms with Gasteiger partial charge in [0.15, 0.2) is 11.6 Å². The van der Waals surface area contributed by atoms with Gasteiger partial charge in [-0.2, -0.15) is 0 Å². The monoisotopic (exact) mass is 448 g/mol. The molecule has 3 aromatic rings. The highest BCUT2D eigenvalue weighted by Crippen LogP contribution is 2.24. The van der Waals surface area contributed by atoms with Crippen LogP contribution in [0.2, 0.25) is 0 Å². The smallest absolute Gasteiger partial charge is 0.191 e. The maximum absolute atomic E-state index is 12.2. The van der Waals surface area contributed by atoms with E-state index in [9.17, 15) is 4.79 Å². The first kappa shape index (κ1) is 17.5. The summed E-state index contributed by atoms with van der Waals surface area (Å²) in [6, 6.07) is 17.3. The fourth-order valence-electron chi connectivity index (χ4n) is 2.31. The van der Waals surface area contributed by atoms with Crippen molar-refractivity contribution in [3.05, 3.63) is 60.2 Å². The molecule has 0 amide bonds. The number of nitrogens with zero attached hydrogens (tertiary/aromatic N) is 4. The topological polar surface area (TPSA) is 69.9 Å². The van der Waals surface area contributed by atoms with Crippen LogP contribution < -0.4 is 4.74 Å². The molecule has 1 aromatic heterocycles. The lowest BCUT2D eigenvalue weighted by molar-refractivity contribution is -0.121. The van der Waals surface area contributed by atoms with Gasteiger partial charge in [0.25, 0.3) is 0 Å². The number of carbonyl (C=O) groups is 1. The van der Waals surface area contributed by atoms with Crippen LogP contribution >= 0.6 is 22.6 Å². The van der Waals surface area contributed by atoms with E-state index in [0.29, 0.717) is 15.5 Å². The highest BCUT2D eigenvalue weighted by Gasteiger charge is 2.12. The summed E-state index contributed by atoms with van der Waals surface area (Å²) in [6.45, 7) is 2.17. The second kappa shape index (κ2) is 8.19. The van der Waals surface area contributed by atoms with Crippen LogP contribution in [0.25, 0.3) is 11.4 Å². The van der Waals surface area contributed by atoms with Gasteiger partial charge in [0.2, 0.25) is 0 Å². The molecule has 25 heavy (non-hydrogen) atoms. The number of ketones is 1. The summed E-state index contributed by atoms with van der Waals surface area (Å²) < 4.78 is 7.49. The lowest BCUT2D eigenvalue weighted by Crippen LogP contribution is -2.19. The third-order valence-electron chi connectivity index (χ3n) is 3.63. The standard InChI is InChI=1S/C18H17IN4O2/c1-13(19)14-7-9-17(10-8-14)25-12-16(24)11-23-18(20-21-22-23)15-5-3-2-4-6-15/h2-10,13H,11-12H2,1H3. The number of aromatic nitrogens is 4. The molecular formula is C18H17IN4O2. The SMILES string of the molecule is CC(I)c1ccc(OCC(=O)Cn2nnnc2-c2ccccc2)cc1. The van der Waals surface area contributed by atoms with Gasteiger partial charge in [-0.3, -0.25) is 4.79 Å². The van der Waals surface area contributed by atoms with E-state index in [1.54, 1.807) is 0 Å². The van der Waals surface area contributed by atoms with Crippen molar-refractivity contribution in [2.24, 2.45) is 0 Å². The fourth-order valence-corrected chi connectivity index (χ4v) is 2.73. The van der Waals surface area contributed by atoms with Crippen molar-refractivity contribution in [2.75, 3.05) is 6.61 Å². The number of hydrogen-bond donors (Lipinski definition) is 0. The Balaban J connectivity index is 1.59. The minimum absolute atomic E-state index is 0.0206. The van der Waals surface area contributed by atoms with Crippen LogP contribution in [0.3, 0.4) is 0 Å². The summed E-state index contributed by atoms with van der Waals surface area (Å²) in [6.07, 6.45) is 0. The van der Waals surface area contributed by atoms with Gasteiger partial charge in [0, 0.05) is 9.49 Å². The van der Waals surface area contributed by atoms with Crippen LogP contribution in [0.5, 0.6) is 5.75 Å².